The minimum atomic E-state index is -1.18. The van der Waals surface area contributed by atoms with Crippen LogP contribution in [0.1, 0.15) is 20.0 Å². The van der Waals surface area contributed by atoms with Gasteiger partial charge in [-0.1, -0.05) is 12.1 Å². The van der Waals surface area contributed by atoms with E-state index in [1.165, 1.54) is 0 Å². The number of carbonyl (C=O) groups excluding carboxylic acids is 3. The summed E-state index contributed by atoms with van der Waals surface area (Å²) in [7, 11) is 3.23. The molecule has 0 unspecified atom stereocenters. The number of thiophene rings is 1. The SMILES string of the molecule is CNC(=O)c1ccc(-c2nc(NC)nc3sc(C(=O)OC(N)=O)cc23)cc1. The molecule has 138 valence electrons. The van der Waals surface area contributed by atoms with Gasteiger partial charge in [-0.2, -0.15) is 0 Å². The van der Waals surface area contributed by atoms with E-state index in [0.29, 0.717) is 27.4 Å². The minimum Gasteiger partial charge on any atom is -0.372 e. The smallest absolute Gasteiger partial charge is 0.372 e. The van der Waals surface area contributed by atoms with Gasteiger partial charge in [0, 0.05) is 30.6 Å². The fourth-order valence-corrected chi connectivity index (χ4v) is 3.33. The van der Waals surface area contributed by atoms with Crippen molar-refractivity contribution >= 4 is 45.5 Å². The summed E-state index contributed by atoms with van der Waals surface area (Å²) in [5.74, 6) is -0.681. The Labute approximate surface area is 157 Å². The first-order valence-corrected chi connectivity index (χ1v) is 8.58. The average molecular weight is 385 g/mol. The molecule has 3 aromatic rings. The molecule has 2 amide bonds. The van der Waals surface area contributed by atoms with Gasteiger partial charge in [-0.3, -0.25) is 4.79 Å². The highest BCUT2D eigenvalue weighted by Crippen LogP contribution is 2.33. The number of fused-ring (bicyclic) bond motifs is 1. The van der Waals surface area contributed by atoms with E-state index >= 15 is 0 Å². The van der Waals surface area contributed by atoms with Gasteiger partial charge in [-0.25, -0.2) is 19.6 Å². The summed E-state index contributed by atoms with van der Waals surface area (Å²) in [6, 6.07) is 8.41. The molecule has 4 N–H and O–H groups in total. The fraction of sp³-hybridized carbons (Fsp3) is 0.118. The Morgan fingerprint density at radius 3 is 2.41 bits per heavy atom. The van der Waals surface area contributed by atoms with Crippen molar-refractivity contribution in [1.82, 2.24) is 15.3 Å². The van der Waals surface area contributed by atoms with Crippen molar-refractivity contribution in [2.75, 3.05) is 19.4 Å². The standard InChI is InChI=1S/C17H15N5O4S/c1-19-13(23)9-5-3-8(4-6-9)12-10-7-11(15(24)26-16(18)25)27-14(10)22-17(20-2)21-12/h3-7H,1-2H3,(H2,18,25)(H,19,23)(H,20,21,22). The quantitative estimate of drug-likeness (QED) is 0.461. The first-order valence-electron chi connectivity index (χ1n) is 7.76. The number of amides is 2. The molecular weight excluding hydrogens is 370 g/mol. The maximum absolute atomic E-state index is 12.0. The van der Waals surface area contributed by atoms with Gasteiger partial charge in [0.2, 0.25) is 5.95 Å². The van der Waals surface area contributed by atoms with Crippen LogP contribution >= 0.6 is 11.3 Å². The van der Waals surface area contributed by atoms with Crippen molar-refractivity contribution in [2.24, 2.45) is 5.73 Å². The molecule has 10 heteroatoms. The number of aromatic nitrogens is 2. The molecule has 0 aliphatic carbocycles. The molecule has 0 radical (unpaired) electrons. The van der Waals surface area contributed by atoms with Crippen molar-refractivity contribution in [3.05, 3.63) is 40.8 Å². The van der Waals surface area contributed by atoms with Crippen LogP contribution in [0.25, 0.3) is 21.5 Å². The lowest BCUT2D eigenvalue weighted by molar-refractivity contribution is 0.0643. The van der Waals surface area contributed by atoms with Crippen LogP contribution in [0, 0.1) is 0 Å². The molecule has 0 bridgehead atoms. The van der Waals surface area contributed by atoms with Crippen LogP contribution in [0.2, 0.25) is 0 Å². The van der Waals surface area contributed by atoms with Gasteiger partial charge in [-0.15, -0.1) is 11.3 Å². The summed E-state index contributed by atoms with van der Waals surface area (Å²) in [5.41, 5.74) is 6.71. The largest absolute Gasteiger partial charge is 0.412 e. The van der Waals surface area contributed by atoms with Gasteiger partial charge in [-0.05, 0) is 18.2 Å². The minimum absolute atomic E-state index is 0.176. The number of benzene rings is 1. The Morgan fingerprint density at radius 2 is 1.81 bits per heavy atom. The molecule has 3 rings (SSSR count). The summed E-state index contributed by atoms with van der Waals surface area (Å²) < 4.78 is 4.42. The van der Waals surface area contributed by atoms with E-state index in [2.05, 4.69) is 25.3 Å². The van der Waals surface area contributed by atoms with Gasteiger partial charge in [0.05, 0.1) is 5.69 Å². The first-order chi connectivity index (χ1) is 12.9. The highest BCUT2D eigenvalue weighted by atomic mass is 32.1. The molecule has 0 spiro atoms. The number of ether oxygens (including phenoxy) is 1. The normalized spacial score (nSPS) is 10.4. The molecule has 2 heterocycles. The lowest BCUT2D eigenvalue weighted by atomic mass is 10.1. The highest BCUT2D eigenvalue weighted by molar-refractivity contribution is 7.20. The fourth-order valence-electron chi connectivity index (χ4n) is 2.42. The molecule has 0 atom stereocenters. The predicted octanol–water partition coefficient (Wildman–Crippen LogP) is 2.00. The van der Waals surface area contributed by atoms with E-state index in [4.69, 9.17) is 5.73 Å². The van der Waals surface area contributed by atoms with Crippen molar-refractivity contribution < 1.29 is 19.1 Å². The number of rotatable bonds is 4. The van der Waals surface area contributed by atoms with Crippen LogP contribution in [-0.2, 0) is 4.74 Å². The topological polar surface area (TPSA) is 136 Å². The van der Waals surface area contributed by atoms with Gasteiger partial charge >= 0.3 is 12.1 Å². The number of nitrogens with zero attached hydrogens (tertiary/aromatic N) is 2. The molecule has 0 fully saturated rings. The number of nitrogens with two attached hydrogens (primary N) is 1. The lowest BCUT2D eigenvalue weighted by Gasteiger charge is -2.07. The zero-order chi connectivity index (χ0) is 19.6. The Balaban J connectivity index is 2.10. The van der Waals surface area contributed by atoms with Crippen molar-refractivity contribution in [2.45, 2.75) is 0 Å². The van der Waals surface area contributed by atoms with Crippen LogP contribution in [0.5, 0.6) is 0 Å². The third-order valence-electron chi connectivity index (χ3n) is 3.66. The Kier molecular flexibility index (Phi) is 4.99. The number of primary amides is 1. The second-order valence-corrected chi connectivity index (χ2v) is 6.37. The maximum atomic E-state index is 12.0. The zero-order valence-corrected chi connectivity index (χ0v) is 15.2. The monoisotopic (exact) mass is 385 g/mol. The van der Waals surface area contributed by atoms with E-state index in [0.717, 1.165) is 16.9 Å². The molecule has 2 aromatic heterocycles. The van der Waals surface area contributed by atoms with Gasteiger partial charge in [0.25, 0.3) is 5.91 Å². The lowest BCUT2D eigenvalue weighted by Crippen LogP contribution is -2.17. The van der Waals surface area contributed by atoms with Crippen LogP contribution in [-0.4, -0.2) is 42.0 Å². The second kappa shape index (κ2) is 7.38. The number of anilines is 1. The number of hydrogen-bond donors (Lipinski definition) is 3. The Morgan fingerprint density at radius 1 is 1.11 bits per heavy atom. The van der Waals surface area contributed by atoms with Crippen molar-refractivity contribution in [3.8, 4) is 11.3 Å². The third kappa shape index (κ3) is 3.70. The second-order valence-electron chi connectivity index (χ2n) is 5.34. The maximum Gasteiger partial charge on any atom is 0.412 e. The van der Waals surface area contributed by atoms with E-state index < -0.39 is 12.1 Å². The number of hydrogen-bond acceptors (Lipinski definition) is 8. The number of nitrogens with one attached hydrogen (secondary N) is 2. The van der Waals surface area contributed by atoms with Crippen molar-refractivity contribution in [1.29, 1.82) is 0 Å². The predicted molar refractivity (Wildman–Crippen MR) is 101 cm³/mol. The average Bonchev–Trinajstić information content (AvgIpc) is 3.10. The summed E-state index contributed by atoms with van der Waals surface area (Å²) >= 11 is 1.06. The van der Waals surface area contributed by atoms with E-state index in [1.807, 2.05) is 0 Å². The number of carbonyl (C=O) groups is 3. The van der Waals surface area contributed by atoms with Gasteiger partial charge < -0.3 is 21.1 Å². The summed E-state index contributed by atoms with van der Waals surface area (Å²) in [4.78, 5) is 44.0. The first kappa shape index (κ1) is 18.3. The van der Waals surface area contributed by atoms with E-state index in [9.17, 15) is 14.4 Å². The molecule has 27 heavy (non-hydrogen) atoms. The molecular formula is C17H15N5O4S. The summed E-state index contributed by atoms with van der Waals surface area (Å²) in [6.07, 6.45) is -1.18. The van der Waals surface area contributed by atoms with Crippen LogP contribution < -0.4 is 16.4 Å². The third-order valence-corrected chi connectivity index (χ3v) is 4.67. The van der Waals surface area contributed by atoms with E-state index in [1.54, 1.807) is 44.4 Å². The van der Waals surface area contributed by atoms with Gasteiger partial charge in [0.15, 0.2) is 0 Å². The molecule has 0 aliphatic heterocycles. The van der Waals surface area contributed by atoms with Crippen LogP contribution in [0.4, 0.5) is 10.7 Å². The summed E-state index contributed by atoms with van der Waals surface area (Å²) in [6.45, 7) is 0. The van der Waals surface area contributed by atoms with Crippen LogP contribution in [0.3, 0.4) is 0 Å². The molecule has 0 saturated heterocycles. The molecule has 0 saturated carbocycles. The Bertz CT molecular complexity index is 1050. The number of esters is 1. The van der Waals surface area contributed by atoms with Crippen LogP contribution in [0.15, 0.2) is 30.3 Å². The van der Waals surface area contributed by atoms with Crippen molar-refractivity contribution in [3.63, 3.8) is 0 Å². The van der Waals surface area contributed by atoms with Gasteiger partial charge in [0.1, 0.15) is 9.71 Å². The zero-order valence-electron chi connectivity index (χ0n) is 14.4. The molecule has 1 aromatic carbocycles. The Hall–Kier alpha value is -3.53. The molecule has 9 nitrogen and oxygen atoms in total. The highest BCUT2D eigenvalue weighted by Gasteiger charge is 2.19. The molecule has 0 aliphatic rings. The van der Waals surface area contributed by atoms with E-state index in [-0.39, 0.29) is 10.8 Å². The summed E-state index contributed by atoms with van der Waals surface area (Å²) in [5, 5.41) is 6.04.